The van der Waals surface area contributed by atoms with Crippen LogP contribution in [0.2, 0.25) is 0 Å². The van der Waals surface area contributed by atoms with Crippen molar-refractivity contribution < 1.29 is 5.11 Å². The van der Waals surface area contributed by atoms with Gasteiger partial charge in [0, 0.05) is 18.6 Å². The Hall–Kier alpha value is -0.900. The van der Waals surface area contributed by atoms with Crippen molar-refractivity contribution >= 4 is 0 Å². The van der Waals surface area contributed by atoms with E-state index >= 15 is 0 Å². The van der Waals surface area contributed by atoms with E-state index in [2.05, 4.69) is 62.3 Å². The van der Waals surface area contributed by atoms with Gasteiger partial charge in [0.15, 0.2) is 0 Å². The molecule has 1 fully saturated rings. The second-order valence-corrected chi connectivity index (χ2v) is 6.56. The van der Waals surface area contributed by atoms with Gasteiger partial charge in [0.2, 0.25) is 0 Å². The highest BCUT2D eigenvalue weighted by Gasteiger charge is 2.27. The van der Waals surface area contributed by atoms with E-state index in [4.69, 9.17) is 0 Å². The summed E-state index contributed by atoms with van der Waals surface area (Å²) in [6, 6.07) is 10.0. The third kappa shape index (κ3) is 4.29. The van der Waals surface area contributed by atoms with Gasteiger partial charge in [-0.2, -0.15) is 0 Å². The van der Waals surface area contributed by atoms with Gasteiger partial charge in [-0.05, 0) is 50.4 Å². The number of likely N-dealkylation sites (N-methyl/N-ethyl adjacent to an activating group) is 2. The summed E-state index contributed by atoms with van der Waals surface area (Å²) in [5.41, 5.74) is 2.76. The quantitative estimate of drug-likeness (QED) is 0.844. The molecule has 4 atom stereocenters. The molecule has 0 radical (unpaired) electrons. The normalized spacial score (nSPS) is 26.0. The largest absolute Gasteiger partial charge is 0.392 e. The van der Waals surface area contributed by atoms with Crippen molar-refractivity contribution in [2.75, 3.05) is 20.1 Å². The third-order valence-corrected chi connectivity index (χ3v) is 4.92. The van der Waals surface area contributed by atoms with Crippen molar-refractivity contribution in [3.8, 4) is 0 Å². The van der Waals surface area contributed by atoms with Gasteiger partial charge >= 0.3 is 0 Å². The molecule has 21 heavy (non-hydrogen) atoms. The van der Waals surface area contributed by atoms with E-state index in [0.29, 0.717) is 18.0 Å². The molecule has 0 spiro atoms. The molecule has 1 saturated heterocycles. The van der Waals surface area contributed by atoms with Crippen molar-refractivity contribution in [1.29, 1.82) is 0 Å². The summed E-state index contributed by atoms with van der Waals surface area (Å²) in [5, 5.41) is 13.2. The Labute approximate surface area is 129 Å². The van der Waals surface area contributed by atoms with E-state index in [1.807, 2.05) is 0 Å². The number of aliphatic hydroxyl groups excluding tert-OH is 1. The Morgan fingerprint density at radius 3 is 2.48 bits per heavy atom. The van der Waals surface area contributed by atoms with Crippen LogP contribution in [0.3, 0.4) is 0 Å². The molecule has 2 N–H and O–H groups in total. The highest BCUT2D eigenvalue weighted by Crippen LogP contribution is 2.23. The van der Waals surface area contributed by atoms with Crippen LogP contribution in [-0.2, 0) is 6.42 Å². The summed E-state index contributed by atoms with van der Waals surface area (Å²) in [6.45, 7) is 8.50. The van der Waals surface area contributed by atoms with Gasteiger partial charge in [-0.1, -0.05) is 38.1 Å². The Morgan fingerprint density at radius 2 is 1.95 bits per heavy atom. The molecule has 3 nitrogen and oxygen atoms in total. The topological polar surface area (TPSA) is 35.5 Å². The van der Waals surface area contributed by atoms with Crippen LogP contribution in [0.1, 0.15) is 44.2 Å². The molecule has 0 amide bonds. The Morgan fingerprint density at radius 1 is 1.29 bits per heavy atom. The zero-order chi connectivity index (χ0) is 15.4. The van der Waals surface area contributed by atoms with Crippen LogP contribution in [0, 0.1) is 0 Å². The van der Waals surface area contributed by atoms with E-state index < -0.39 is 0 Å². The number of rotatable bonds is 6. The molecule has 1 aliphatic rings. The predicted molar refractivity (Wildman–Crippen MR) is 88.7 cm³/mol. The van der Waals surface area contributed by atoms with Crippen LogP contribution in [0.15, 0.2) is 24.3 Å². The molecule has 1 aromatic rings. The Bertz CT molecular complexity index is 431. The SMILES string of the molecule is CCNC(C)C(C)c1ccc(CC2C[C@@H](O)CN2C)cc1. The lowest BCUT2D eigenvalue weighted by Crippen LogP contribution is -2.30. The molecule has 0 bridgehead atoms. The highest BCUT2D eigenvalue weighted by molar-refractivity contribution is 5.26. The van der Waals surface area contributed by atoms with Crippen molar-refractivity contribution in [3.05, 3.63) is 35.4 Å². The van der Waals surface area contributed by atoms with Crippen molar-refractivity contribution in [2.24, 2.45) is 0 Å². The maximum Gasteiger partial charge on any atom is 0.0682 e. The van der Waals surface area contributed by atoms with E-state index in [1.165, 1.54) is 11.1 Å². The number of hydrogen-bond acceptors (Lipinski definition) is 3. The second-order valence-electron chi connectivity index (χ2n) is 6.56. The van der Waals surface area contributed by atoms with Gasteiger partial charge in [0.1, 0.15) is 0 Å². The Balaban J connectivity index is 1.96. The maximum absolute atomic E-state index is 9.73. The molecule has 1 heterocycles. The average Bonchev–Trinajstić information content (AvgIpc) is 2.77. The molecule has 1 aromatic carbocycles. The summed E-state index contributed by atoms with van der Waals surface area (Å²) in [6.07, 6.45) is 1.78. The first-order chi connectivity index (χ1) is 10.0. The van der Waals surface area contributed by atoms with Gasteiger partial charge < -0.3 is 15.3 Å². The average molecular weight is 290 g/mol. The van der Waals surface area contributed by atoms with Crippen LogP contribution >= 0.6 is 0 Å². The van der Waals surface area contributed by atoms with Gasteiger partial charge in [-0.15, -0.1) is 0 Å². The fraction of sp³-hybridized carbons (Fsp3) is 0.667. The first kappa shape index (κ1) is 16.5. The summed E-state index contributed by atoms with van der Waals surface area (Å²) < 4.78 is 0. The molecule has 3 heteroatoms. The standard InChI is InChI=1S/C18H30N2O/c1-5-19-14(3)13(2)16-8-6-15(7-9-16)10-17-11-18(21)12-20(17)4/h6-9,13-14,17-19,21H,5,10-12H2,1-4H3/t13?,14?,17?,18-/m1/s1. The number of hydrogen-bond donors (Lipinski definition) is 2. The Kier molecular flexibility index (Phi) is 5.80. The van der Waals surface area contributed by atoms with Gasteiger partial charge in [-0.3, -0.25) is 0 Å². The highest BCUT2D eigenvalue weighted by atomic mass is 16.3. The molecular weight excluding hydrogens is 260 g/mol. The zero-order valence-corrected chi connectivity index (χ0v) is 13.8. The fourth-order valence-electron chi connectivity index (χ4n) is 3.31. The van der Waals surface area contributed by atoms with Gasteiger partial charge in [0.25, 0.3) is 0 Å². The minimum atomic E-state index is -0.153. The minimum absolute atomic E-state index is 0.153. The molecule has 0 aromatic heterocycles. The van der Waals surface area contributed by atoms with Crippen LogP contribution in [0.25, 0.3) is 0 Å². The van der Waals surface area contributed by atoms with Gasteiger partial charge in [-0.25, -0.2) is 0 Å². The van der Waals surface area contributed by atoms with E-state index in [-0.39, 0.29) is 6.10 Å². The lowest BCUT2D eigenvalue weighted by molar-refractivity contribution is 0.182. The maximum atomic E-state index is 9.73. The summed E-state index contributed by atoms with van der Waals surface area (Å²) in [7, 11) is 2.11. The van der Waals surface area contributed by atoms with E-state index in [0.717, 1.165) is 25.9 Å². The molecule has 1 aliphatic heterocycles. The number of nitrogens with one attached hydrogen (secondary N) is 1. The number of benzene rings is 1. The summed E-state index contributed by atoms with van der Waals surface area (Å²) >= 11 is 0. The molecule has 2 rings (SSSR count). The molecular formula is C18H30N2O. The van der Waals surface area contributed by atoms with Crippen molar-refractivity contribution in [2.45, 2.75) is 57.7 Å². The van der Waals surface area contributed by atoms with Gasteiger partial charge in [0.05, 0.1) is 6.10 Å². The fourth-order valence-corrected chi connectivity index (χ4v) is 3.31. The molecule has 3 unspecified atom stereocenters. The lowest BCUT2D eigenvalue weighted by atomic mass is 9.92. The summed E-state index contributed by atoms with van der Waals surface area (Å²) in [4.78, 5) is 2.27. The monoisotopic (exact) mass is 290 g/mol. The number of nitrogens with zero attached hydrogens (tertiary/aromatic N) is 1. The van der Waals surface area contributed by atoms with Crippen molar-refractivity contribution in [3.63, 3.8) is 0 Å². The van der Waals surface area contributed by atoms with E-state index in [1.54, 1.807) is 0 Å². The van der Waals surface area contributed by atoms with Crippen LogP contribution in [-0.4, -0.2) is 48.3 Å². The van der Waals surface area contributed by atoms with Crippen molar-refractivity contribution in [1.82, 2.24) is 10.2 Å². The number of β-amino-alcohol motifs (C(OH)–C–C–N with tert-alkyl or cyclic N) is 1. The molecule has 0 aliphatic carbocycles. The number of likely N-dealkylation sites (tertiary alicyclic amines) is 1. The predicted octanol–water partition coefficient (Wildman–Crippen LogP) is 2.40. The van der Waals surface area contributed by atoms with E-state index in [9.17, 15) is 5.11 Å². The zero-order valence-electron chi connectivity index (χ0n) is 13.8. The smallest absolute Gasteiger partial charge is 0.0682 e. The number of aliphatic hydroxyl groups is 1. The van der Waals surface area contributed by atoms with Crippen LogP contribution < -0.4 is 5.32 Å². The summed E-state index contributed by atoms with van der Waals surface area (Å²) in [5.74, 6) is 0.523. The lowest BCUT2D eigenvalue weighted by Gasteiger charge is -2.22. The molecule has 0 saturated carbocycles. The first-order valence-electron chi connectivity index (χ1n) is 8.21. The molecule has 118 valence electrons. The second kappa shape index (κ2) is 7.39. The van der Waals surface area contributed by atoms with Crippen LogP contribution in [0.4, 0.5) is 0 Å². The first-order valence-corrected chi connectivity index (χ1v) is 8.21. The van der Waals surface area contributed by atoms with Crippen LogP contribution in [0.5, 0.6) is 0 Å². The third-order valence-electron chi connectivity index (χ3n) is 4.92. The minimum Gasteiger partial charge on any atom is -0.392 e.